The maximum absolute atomic E-state index is 5.55. The lowest BCUT2D eigenvalue weighted by Gasteiger charge is -2.13. The third kappa shape index (κ3) is 3.14. The Kier molecular flexibility index (Phi) is 4.02. The maximum Gasteiger partial charge on any atom is 0.237 e. The summed E-state index contributed by atoms with van der Waals surface area (Å²) in [6.45, 7) is 5.32. The van der Waals surface area contributed by atoms with E-state index in [-0.39, 0.29) is 6.29 Å². The Morgan fingerprint density at radius 2 is 1.56 bits per heavy atom. The van der Waals surface area contributed by atoms with Gasteiger partial charge in [0.25, 0.3) is 0 Å². The first-order valence-corrected chi connectivity index (χ1v) is 5.88. The van der Waals surface area contributed by atoms with Crippen molar-refractivity contribution in [3.63, 3.8) is 0 Å². The minimum absolute atomic E-state index is 0.329. The van der Waals surface area contributed by atoms with Crippen LogP contribution in [0, 0.1) is 0 Å². The van der Waals surface area contributed by atoms with Gasteiger partial charge in [-0.2, -0.15) is 0 Å². The van der Waals surface area contributed by atoms with Crippen LogP contribution in [0.5, 0.6) is 5.75 Å². The Morgan fingerprint density at radius 1 is 0.944 bits per heavy atom. The Bertz CT molecular complexity index is 488. The number of rotatable bonds is 5. The van der Waals surface area contributed by atoms with Gasteiger partial charge in [0.1, 0.15) is 5.75 Å². The lowest BCUT2D eigenvalue weighted by atomic mass is 10.1. The monoisotopic (exact) mass is 240 g/mol. The van der Waals surface area contributed by atoms with Crippen LogP contribution in [0.25, 0.3) is 11.1 Å². The summed E-state index contributed by atoms with van der Waals surface area (Å²) in [5, 5.41) is 0. The van der Waals surface area contributed by atoms with Gasteiger partial charge in [0, 0.05) is 6.92 Å². The van der Waals surface area contributed by atoms with Gasteiger partial charge in [-0.15, -0.1) is 0 Å². The standard InChI is InChI=1S/C16H16O2/c1-3-17-13(2)18-16-11-9-15(10-12-16)14-7-5-4-6-8-14/h3-13H,1H2,2H3. The fraction of sp³-hybridized carbons (Fsp3) is 0.125. The lowest BCUT2D eigenvalue weighted by molar-refractivity contribution is -0.0131. The van der Waals surface area contributed by atoms with Crippen molar-refractivity contribution in [3.8, 4) is 16.9 Å². The molecule has 0 fully saturated rings. The third-order valence-electron chi connectivity index (χ3n) is 2.55. The predicted molar refractivity (Wildman–Crippen MR) is 73.3 cm³/mol. The summed E-state index contributed by atoms with van der Waals surface area (Å²) in [6.07, 6.45) is 1.05. The van der Waals surface area contributed by atoms with E-state index in [0.717, 1.165) is 5.75 Å². The van der Waals surface area contributed by atoms with E-state index in [2.05, 4.69) is 18.7 Å². The number of hydrogen-bond donors (Lipinski definition) is 0. The van der Waals surface area contributed by atoms with Crippen molar-refractivity contribution in [2.75, 3.05) is 0 Å². The molecule has 2 aromatic carbocycles. The summed E-state index contributed by atoms with van der Waals surface area (Å²) in [4.78, 5) is 0. The highest BCUT2D eigenvalue weighted by Gasteiger charge is 2.02. The van der Waals surface area contributed by atoms with Gasteiger partial charge in [-0.25, -0.2) is 0 Å². The highest BCUT2D eigenvalue weighted by molar-refractivity contribution is 5.63. The number of benzene rings is 2. The Morgan fingerprint density at radius 3 is 2.17 bits per heavy atom. The average molecular weight is 240 g/mol. The van der Waals surface area contributed by atoms with Gasteiger partial charge in [-0.05, 0) is 23.3 Å². The van der Waals surface area contributed by atoms with Crippen LogP contribution in [-0.2, 0) is 4.74 Å². The van der Waals surface area contributed by atoms with E-state index in [1.807, 2.05) is 49.4 Å². The largest absolute Gasteiger partial charge is 0.463 e. The molecule has 1 atom stereocenters. The Balaban J connectivity index is 2.08. The molecule has 2 heteroatoms. The molecule has 0 aromatic heterocycles. The average Bonchev–Trinajstić information content (AvgIpc) is 2.41. The first-order chi connectivity index (χ1) is 8.79. The summed E-state index contributed by atoms with van der Waals surface area (Å²) < 4.78 is 10.7. The summed E-state index contributed by atoms with van der Waals surface area (Å²) in [5.41, 5.74) is 2.36. The molecule has 0 aliphatic rings. The van der Waals surface area contributed by atoms with Gasteiger partial charge >= 0.3 is 0 Å². The third-order valence-corrected chi connectivity index (χ3v) is 2.55. The molecule has 0 bridgehead atoms. The van der Waals surface area contributed by atoms with Crippen molar-refractivity contribution >= 4 is 0 Å². The van der Waals surface area contributed by atoms with Crippen molar-refractivity contribution in [1.29, 1.82) is 0 Å². The maximum atomic E-state index is 5.55. The molecule has 2 aromatic rings. The smallest absolute Gasteiger partial charge is 0.237 e. The molecule has 0 saturated heterocycles. The fourth-order valence-corrected chi connectivity index (χ4v) is 1.71. The molecule has 1 unspecified atom stereocenters. The molecule has 0 aliphatic carbocycles. The summed E-state index contributed by atoms with van der Waals surface area (Å²) in [5.74, 6) is 0.782. The molecule has 0 aliphatic heterocycles. The van der Waals surface area contributed by atoms with Gasteiger partial charge in [0.15, 0.2) is 0 Å². The second-order valence-electron chi connectivity index (χ2n) is 3.88. The van der Waals surface area contributed by atoms with Crippen LogP contribution >= 0.6 is 0 Å². The van der Waals surface area contributed by atoms with Gasteiger partial charge < -0.3 is 9.47 Å². The van der Waals surface area contributed by atoms with Crippen molar-refractivity contribution in [2.24, 2.45) is 0 Å². The number of hydrogen-bond acceptors (Lipinski definition) is 2. The van der Waals surface area contributed by atoms with Crippen molar-refractivity contribution < 1.29 is 9.47 Å². The van der Waals surface area contributed by atoms with E-state index in [1.165, 1.54) is 17.4 Å². The van der Waals surface area contributed by atoms with Gasteiger partial charge in [-0.1, -0.05) is 49.0 Å². The van der Waals surface area contributed by atoms with Crippen LogP contribution in [0.3, 0.4) is 0 Å². The van der Waals surface area contributed by atoms with Crippen LogP contribution < -0.4 is 4.74 Å². The zero-order chi connectivity index (χ0) is 12.8. The molecule has 0 heterocycles. The lowest BCUT2D eigenvalue weighted by Crippen LogP contribution is -2.12. The number of ether oxygens (including phenoxy) is 2. The van der Waals surface area contributed by atoms with E-state index in [9.17, 15) is 0 Å². The summed E-state index contributed by atoms with van der Waals surface area (Å²) in [6, 6.07) is 18.2. The Hall–Kier alpha value is -2.22. The van der Waals surface area contributed by atoms with E-state index in [1.54, 1.807) is 0 Å². The zero-order valence-corrected chi connectivity index (χ0v) is 10.4. The topological polar surface area (TPSA) is 18.5 Å². The van der Waals surface area contributed by atoms with E-state index < -0.39 is 0 Å². The highest BCUT2D eigenvalue weighted by Crippen LogP contribution is 2.22. The minimum atomic E-state index is -0.329. The van der Waals surface area contributed by atoms with Gasteiger partial charge in [0.2, 0.25) is 6.29 Å². The predicted octanol–water partition coefficient (Wildman–Crippen LogP) is 4.24. The molecule has 0 N–H and O–H groups in total. The van der Waals surface area contributed by atoms with E-state index >= 15 is 0 Å². The van der Waals surface area contributed by atoms with Crippen LogP contribution in [-0.4, -0.2) is 6.29 Å². The first-order valence-electron chi connectivity index (χ1n) is 5.88. The van der Waals surface area contributed by atoms with Crippen LogP contribution in [0.4, 0.5) is 0 Å². The molecule has 2 rings (SSSR count). The molecular formula is C16H16O2. The summed E-state index contributed by atoms with van der Waals surface area (Å²) in [7, 11) is 0. The minimum Gasteiger partial charge on any atom is -0.463 e. The molecule has 0 spiro atoms. The Labute approximate surface area is 107 Å². The summed E-state index contributed by atoms with van der Waals surface area (Å²) >= 11 is 0. The molecule has 92 valence electrons. The zero-order valence-electron chi connectivity index (χ0n) is 10.4. The highest BCUT2D eigenvalue weighted by atomic mass is 16.7. The quantitative estimate of drug-likeness (QED) is 0.575. The van der Waals surface area contributed by atoms with Gasteiger partial charge in [-0.3, -0.25) is 0 Å². The molecule has 0 radical (unpaired) electrons. The second-order valence-corrected chi connectivity index (χ2v) is 3.88. The molecule has 0 saturated carbocycles. The van der Waals surface area contributed by atoms with Crippen molar-refractivity contribution in [2.45, 2.75) is 13.2 Å². The molecular weight excluding hydrogens is 224 g/mol. The fourth-order valence-electron chi connectivity index (χ4n) is 1.71. The van der Waals surface area contributed by atoms with E-state index in [0.29, 0.717) is 0 Å². The molecule has 18 heavy (non-hydrogen) atoms. The normalized spacial score (nSPS) is 11.6. The van der Waals surface area contributed by atoms with Crippen LogP contribution in [0.15, 0.2) is 67.4 Å². The second kappa shape index (κ2) is 5.92. The molecule has 2 nitrogen and oxygen atoms in total. The first kappa shape index (κ1) is 12.2. The SMILES string of the molecule is C=COC(C)Oc1ccc(-c2ccccc2)cc1. The van der Waals surface area contributed by atoms with Crippen LogP contribution in [0.1, 0.15) is 6.92 Å². The van der Waals surface area contributed by atoms with Gasteiger partial charge in [0.05, 0.1) is 6.26 Å². The van der Waals surface area contributed by atoms with Crippen molar-refractivity contribution in [1.82, 2.24) is 0 Å². The van der Waals surface area contributed by atoms with Crippen molar-refractivity contribution in [3.05, 3.63) is 67.4 Å². The molecule has 0 amide bonds. The van der Waals surface area contributed by atoms with Crippen LogP contribution in [0.2, 0.25) is 0 Å². The van der Waals surface area contributed by atoms with E-state index in [4.69, 9.17) is 9.47 Å².